The second-order valence-electron chi connectivity index (χ2n) is 5.50. The van der Waals surface area contributed by atoms with Gasteiger partial charge in [0.2, 0.25) is 0 Å². The smallest absolute Gasteiger partial charge is 0.253 e. The van der Waals surface area contributed by atoms with Crippen LogP contribution in [0.15, 0.2) is 73.1 Å². The van der Waals surface area contributed by atoms with Crippen LogP contribution in [-0.4, -0.2) is 10.9 Å². The number of pyridine rings is 1. The third kappa shape index (κ3) is 3.83. The minimum absolute atomic E-state index is 0.115. The average molecular weight is 302 g/mol. The molecule has 0 radical (unpaired) electrons. The number of nitrogens with one attached hydrogen (secondary N) is 1. The predicted octanol–water partition coefficient (Wildman–Crippen LogP) is 3.99. The van der Waals surface area contributed by atoms with Crippen molar-refractivity contribution in [2.75, 3.05) is 0 Å². The third-order valence-corrected chi connectivity index (χ3v) is 3.65. The Morgan fingerprint density at radius 2 is 1.78 bits per heavy atom. The van der Waals surface area contributed by atoms with Crippen molar-refractivity contribution in [3.05, 3.63) is 89.7 Å². The second kappa shape index (κ2) is 6.88. The largest absolute Gasteiger partial charge is 0.348 e. The number of benzene rings is 2. The molecule has 0 spiro atoms. The van der Waals surface area contributed by atoms with Crippen molar-refractivity contribution in [1.82, 2.24) is 10.3 Å². The number of hydrogen-bond acceptors (Lipinski definition) is 2. The first-order chi connectivity index (χ1) is 11.2. The van der Waals surface area contributed by atoms with Crippen LogP contribution >= 0.6 is 0 Å². The summed E-state index contributed by atoms with van der Waals surface area (Å²) >= 11 is 0. The van der Waals surface area contributed by atoms with Gasteiger partial charge in [0, 0.05) is 24.5 Å². The van der Waals surface area contributed by atoms with E-state index in [1.165, 1.54) is 5.56 Å². The van der Waals surface area contributed by atoms with Crippen LogP contribution in [0.2, 0.25) is 0 Å². The summed E-state index contributed by atoms with van der Waals surface area (Å²) in [7, 11) is 0. The first-order valence-electron chi connectivity index (χ1n) is 7.56. The van der Waals surface area contributed by atoms with Gasteiger partial charge < -0.3 is 5.32 Å². The zero-order valence-corrected chi connectivity index (χ0v) is 13.0. The van der Waals surface area contributed by atoms with E-state index in [1.54, 1.807) is 12.4 Å². The number of amides is 1. The number of aromatic nitrogens is 1. The lowest BCUT2D eigenvalue weighted by Gasteiger charge is -2.07. The fourth-order valence-electron chi connectivity index (χ4n) is 2.43. The molecule has 3 rings (SSSR count). The average Bonchev–Trinajstić information content (AvgIpc) is 2.61. The molecule has 23 heavy (non-hydrogen) atoms. The van der Waals surface area contributed by atoms with Gasteiger partial charge in [-0.3, -0.25) is 9.78 Å². The summed E-state index contributed by atoms with van der Waals surface area (Å²) in [6, 6.07) is 19.9. The summed E-state index contributed by atoms with van der Waals surface area (Å²) in [6.07, 6.45) is 3.38. The first kappa shape index (κ1) is 15.0. The Labute approximate surface area is 136 Å². The number of nitrogens with zero attached hydrogens (tertiary/aromatic N) is 1. The molecule has 0 bridgehead atoms. The van der Waals surface area contributed by atoms with Crippen LogP contribution in [-0.2, 0) is 6.54 Å². The summed E-state index contributed by atoms with van der Waals surface area (Å²) in [6.45, 7) is 2.56. The van der Waals surface area contributed by atoms with E-state index in [2.05, 4.69) is 16.4 Å². The van der Waals surface area contributed by atoms with Crippen LogP contribution in [0.4, 0.5) is 0 Å². The molecule has 1 heterocycles. The highest BCUT2D eigenvalue weighted by Gasteiger charge is 2.08. The monoisotopic (exact) mass is 302 g/mol. The van der Waals surface area contributed by atoms with Crippen LogP contribution in [0.5, 0.6) is 0 Å². The number of carbonyl (C=O) groups excluding carboxylic acids is 1. The molecule has 0 saturated heterocycles. The molecule has 0 aliphatic rings. The second-order valence-corrected chi connectivity index (χ2v) is 5.50. The zero-order valence-electron chi connectivity index (χ0n) is 13.0. The molecule has 0 fully saturated rings. The predicted molar refractivity (Wildman–Crippen MR) is 92.0 cm³/mol. The molecular formula is C20H18N2O. The van der Waals surface area contributed by atoms with Gasteiger partial charge in [0.05, 0.1) is 5.56 Å². The lowest BCUT2D eigenvalue weighted by molar-refractivity contribution is 0.0950. The molecular weight excluding hydrogens is 284 g/mol. The normalized spacial score (nSPS) is 10.3. The zero-order chi connectivity index (χ0) is 16.1. The molecule has 0 saturated carbocycles. The Morgan fingerprint density at radius 1 is 0.957 bits per heavy atom. The molecule has 3 heteroatoms. The van der Waals surface area contributed by atoms with Crippen molar-refractivity contribution in [3.8, 4) is 11.1 Å². The van der Waals surface area contributed by atoms with E-state index in [0.29, 0.717) is 12.1 Å². The van der Waals surface area contributed by atoms with Crippen molar-refractivity contribution in [3.63, 3.8) is 0 Å². The number of carbonyl (C=O) groups is 1. The highest BCUT2D eigenvalue weighted by Crippen LogP contribution is 2.20. The summed E-state index contributed by atoms with van der Waals surface area (Å²) in [5.74, 6) is -0.115. The maximum absolute atomic E-state index is 12.3. The van der Waals surface area contributed by atoms with Crippen LogP contribution < -0.4 is 5.32 Å². The fourth-order valence-corrected chi connectivity index (χ4v) is 2.43. The van der Waals surface area contributed by atoms with Gasteiger partial charge in [-0.05, 0) is 24.1 Å². The Hall–Kier alpha value is -2.94. The van der Waals surface area contributed by atoms with E-state index < -0.39 is 0 Å². The van der Waals surface area contributed by atoms with E-state index >= 15 is 0 Å². The summed E-state index contributed by atoms with van der Waals surface area (Å²) < 4.78 is 0. The van der Waals surface area contributed by atoms with Gasteiger partial charge in [-0.2, -0.15) is 0 Å². The van der Waals surface area contributed by atoms with Crippen LogP contribution in [0, 0.1) is 6.92 Å². The van der Waals surface area contributed by atoms with Gasteiger partial charge in [0.1, 0.15) is 0 Å². The molecule has 3 aromatic rings. The van der Waals surface area contributed by atoms with E-state index in [9.17, 15) is 4.79 Å². The summed E-state index contributed by atoms with van der Waals surface area (Å²) in [5, 5.41) is 2.93. The first-order valence-corrected chi connectivity index (χ1v) is 7.56. The molecule has 0 unspecified atom stereocenters. The van der Waals surface area contributed by atoms with Gasteiger partial charge in [0.25, 0.3) is 5.91 Å². The Balaban J connectivity index is 1.75. The van der Waals surface area contributed by atoms with Gasteiger partial charge >= 0.3 is 0 Å². The highest BCUT2D eigenvalue weighted by atomic mass is 16.1. The topological polar surface area (TPSA) is 42.0 Å². The molecule has 0 aliphatic heterocycles. The van der Waals surface area contributed by atoms with Crippen molar-refractivity contribution in [2.24, 2.45) is 0 Å². The lowest BCUT2D eigenvalue weighted by Crippen LogP contribution is -2.22. The molecule has 1 amide bonds. The molecule has 2 aromatic carbocycles. The quantitative estimate of drug-likeness (QED) is 0.792. The third-order valence-electron chi connectivity index (χ3n) is 3.65. The molecule has 1 N–H and O–H groups in total. The van der Waals surface area contributed by atoms with Crippen molar-refractivity contribution >= 4 is 5.91 Å². The summed E-state index contributed by atoms with van der Waals surface area (Å²) in [4.78, 5) is 16.5. The van der Waals surface area contributed by atoms with Gasteiger partial charge in [-0.25, -0.2) is 0 Å². The minimum Gasteiger partial charge on any atom is -0.348 e. The van der Waals surface area contributed by atoms with Crippen molar-refractivity contribution in [1.29, 1.82) is 0 Å². The molecule has 0 atom stereocenters. The van der Waals surface area contributed by atoms with Crippen LogP contribution in [0.3, 0.4) is 0 Å². The fraction of sp³-hybridized carbons (Fsp3) is 0.100. The highest BCUT2D eigenvalue weighted by molar-refractivity contribution is 5.95. The Morgan fingerprint density at radius 3 is 2.57 bits per heavy atom. The number of hydrogen-bond donors (Lipinski definition) is 1. The SMILES string of the molecule is Cc1cccc(-c2cncc(C(=O)NCc3ccccc3)c2)c1. The molecule has 0 aliphatic carbocycles. The summed E-state index contributed by atoms with van der Waals surface area (Å²) in [5.41, 5.74) is 4.83. The maximum Gasteiger partial charge on any atom is 0.253 e. The van der Waals surface area contributed by atoms with E-state index in [1.807, 2.05) is 61.5 Å². The molecule has 3 nitrogen and oxygen atoms in total. The lowest BCUT2D eigenvalue weighted by atomic mass is 10.0. The Kier molecular flexibility index (Phi) is 4.48. The standard InChI is InChI=1S/C20H18N2O/c1-15-6-5-9-17(10-15)18-11-19(14-21-13-18)20(23)22-12-16-7-3-2-4-8-16/h2-11,13-14H,12H2,1H3,(H,22,23). The molecule has 1 aromatic heterocycles. The van der Waals surface area contributed by atoms with Crippen LogP contribution in [0.1, 0.15) is 21.5 Å². The Bertz CT molecular complexity index is 813. The van der Waals surface area contributed by atoms with E-state index in [4.69, 9.17) is 0 Å². The number of rotatable bonds is 4. The van der Waals surface area contributed by atoms with Crippen LogP contribution in [0.25, 0.3) is 11.1 Å². The van der Waals surface area contributed by atoms with E-state index in [0.717, 1.165) is 16.7 Å². The minimum atomic E-state index is -0.115. The van der Waals surface area contributed by atoms with Gasteiger partial charge in [0.15, 0.2) is 0 Å². The van der Waals surface area contributed by atoms with Crippen molar-refractivity contribution in [2.45, 2.75) is 13.5 Å². The van der Waals surface area contributed by atoms with E-state index in [-0.39, 0.29) is 5.91 Å². The number of aryl methyl sites for hydroxylation is 1. The maximum atomic E-state index is 12.3. The van der Waals surface area contributed by atoms with Crippen molar-refractivity contribution < 1.29 is 4.79 Å². The van der Waals surface area contributed by atoms with Gasteiger partial charge in [-0.1, -0.05) is 60.2 Å². The molecule has 114 valence electrons. The van der Waals surface area contributed by atoms with Gasteiger partial charge in [-0.15, -0.1) is 0 Å².